The third kappa shape index (κ3) is 7.87. The minimum absolute atomic E-state index is 0.197. The van der Waals surface area contributed by atoms with Gasteiger partial charge in [-0.15, -0.1) is 0 Å². The molecule has 0 radical (unpaired) electrons. The van der Waals surface area contributed by atoms with Crippen molar-refractivity contribution < 1.29 is 18.0 Å². The second kappa shape index (κ2) is 11.5. The molecule has 7 nitrogen and oxygen atoms in total. The summed E-state index contributed by atoms with van der Waals surface area (Å²) in [5.74, 6) is -0.706. The molecule has 2 aromatic rings. The van der Waals surface area contributed by atoms with Crippen LogP contribution in [0.4, 0.5) is 5.69 Å². The number of amides is 2. The van der Waals surface area contributed by atoms with Gasteiger partial charge in [0, 0.05) is 12.1 Å². The lowest BCUT2D eigenvalue weighted by molar-refractivity contribution is -0.141. The molecule has 0 heterocycles. The first-order chi connectivity index (χ1) is 15.9. The van der Waals surface area contributed by atoms with E-state index in [4.69, 9.17) is 0 Å². The summed E-state index contributed by atoms with van der Waals surface area (Å²) in [6.45, 7) is 9.31. The summed E-state index contributed by atoms with van der Waals surface area (Å²) >= 11 is 0. The molecule has 186 valence electrons. The molecular weight excluding hydrogens is 450 g/mol. The molecule has 0 aromatic heterocycles. The van der Waals surface area contributed by atoms with Crippen molar-refractivity contribution in [1.29, 1.82) is 0 Å². The Morgan fingerprint density at radius 2 is 1.53 bits per heavy atom. The van der Waals surface area contributed by atoms with E-state index in [1.54, 1.807) is 12.1 Å². The quantitative estimate of drug-likeness (QED) is 0.553. The van der Waals surface area contributed by atoms with Crippen LogP contribution in [0.2, 0.25) is 0 Å². The molecule has 1 atom stereocenters. The molecule has 0 unspecified atom stereocenters. The van der Waals surface area contributed by atoms with Gasteiger partial charge in [-0.25, -0.2) is 8.42 Å². The first kappa shape index (κ1) is 27.4. The van der Waals surface area contributed by atoms with Crippen LogP contribution in [-0.4, -0.2) is 49.5 Å². The van der Waals surface area contributed by atoms with Crippen molar-refractivity contribution in [2.24, 2.45) is 0 Å². The lowest BCUT2D eigenvalue weighted by atomic mass is 10.1. The summed E-state index contributed by atoms with van der Waals surface area (Å²) in [5, 5.41) is 2.95. The third-order valence-electron chi connectivity index (χ3n) is 5.39. The van der Waals surface area contributed by atoms with Crippen LogP contribution in [0.15, 0.2) is 54.6 Å². The molecule has 34 heavy (non-hydrogen) atoms. The first-order valence-electron chi connectivity index (χ1n) is 11.6. The number of hydrogen-bond donors (Lipinski definition) is 1. The van der Waals surface area contributed by atoms with Gasteiger partial charge in [-0.2, -0.15) is 0 Å². The van der Waals surface area contributed by atoms with Crippen molar-refractivity contribution in [3.63, 3.8) is 0 Å². The summed E-state index contributed by atoms with van der Waals surface area (Å²) in [7, 11) is -3.74. The molecule has 0 aliphatic heterocycles. The van der Waals surface area contributed by atoms with E-state index < -0.39 is 34.1 Å². The summed E-state index contributed by atoms with van der Waals surface area (Å²) in [6, 6.07) is 15.8. The predicted molar refractivity (Wildman–Crippen MR) is 137 cm³/mol. The molecular formula is C26H37N3O4S. The van der Waals surface area contributed by atoms with Crippen LogP contribution in [-0.2, 0) is 32.6 Å². The van der Waals surface area contributed by atoms with Crippen molar-refractivity contribution in [2.75, 3.05) is 17.1 Å². The summed E-state index contributed by atoms with van der Waals surface area (Å²) < 4.78 is 26.4. The van der Waals surface area contributed by atoms with E-state index in [-0.39, 0.29) is 12.5 Å². The SMILES string of the molecule is CCc1ccc(N(CC(=O)N(Cc2ccccc2)[C@@H](CC)C(=O)NC(C)(C)C)S(C)(=O)=O)cc1. The van der Waals surface area contributed by atoms with Gasteiger partial charge in [0.25, 0.3) is 0 Å². The highest BCUT2D eigenvalue weighted by atomic mass is 32.2. The van der Waals surface area contributed by atoms with E-state index in [1.807, 2.05) is 77.1 Å². The number of nitrogens with zero attached hydrogens (tertiary/aromatic N) is 2. The highest BCUT2D eigenvalue weighted by molar-refractivity contribution is 7.92. The van der Waals surface area contributed by atoms with Gasteiger partial charge in [0.05, 0.1) is 11.9 Å². The Kier molecular flexibility index (Phi) is 9.27. The normalized spacial score (nSPS) is 12.6. The zero-order valence-corrected chi connectivity index (χ0v) is 21.9. The average molecular weight is 488 g/mol. The number of hydrogen-bond acceptors (Lipinski definition) is 4. The van der Waals surface area contributed by atoms with Crippen LogP contribution < -0.4 is 9.62 Å². The Morgan fingerprint density at radius 3 is 2.00 bits per heavy atom. The average Bonchev–Trinajstić information content (AvgIpc) is 2.76. The second-order valence-electron chi connectivity index (χ2n) is 9.46. The zero-order chi connectivity index (χ0) is 25.5. The van der Waals surface area contributed by atoms with Gasteiger partial charge in [-0.3, -0.25) is 13.9 Å². The molecule has 0 aliphatic rings. The maximum absolute atomic E-state index is 13.6. The predicted octanol–water partition coefficient (Wildman–Crippen LogP) is 3.74. The molecule has 2 amide bonds. The van der Waals surface area contributed by atoms with Crippen LogP contribution in [0.5, 0.6) is 0 Å². The molecule has 0 saturated carbocycles. The van der Waals surface area contributed by atoms with Gasteiger partial charge in [-0.05, 0) is 56.9 Å². The molecule has 1 N–H and O–H groups in total. The van der Waals surface area contributed by atoms with Gasteiger partial charge in [0.2, 0.25) is 21.8 Å². The van der Waals surface area contributed by atoms with E-state index in [1.165, 1.54) is 4.90 Å². The third-order valence-corrected chi connectivity index (χ3v) is 6.53. The van der Waals surface area contributed by atoms with Gasteiger partial charge in [0.15, 0.2) is 0 Å². The highest BCUT2D eigenvalue weighted by Gasteiger charge is 2.33. The highest BCUT2D eigenvalue weighted by Crippen LogP contribution is 2.21. The van der Waals surface area contributed by atoms with Crippen molar-refractivity contribution in [3.05, 3.63) is 65.7 Å². The first-order valence-corrected chi connectivity index (χ1v) is 13.4. The maximum Gasteiger partial charge on any atom is 0.244 e. The zero-order valence-electron chi connectivity index (χ0n) is 21.0. The number of carbonyl (C=O) groups is 2. The smallest absolute Gasteiger partial charge is 0.244 e. The molecule has 0 bridgehead atoms. The van der Waals surface area contributed by atoms with E-state index >= 15 is 0 Å². The lowest BCUT2D eigenvalue weighted by Gasteiger charge is -2.34. The van der Waals surface area contributed by atoms with Crippen molar-refractivity contribution >= 4 is 27.5 Å². The molecule has 0 saturated heterocycles. The number of sulfonamides is 1. The standard InChI is InChI=1S/C26H37N3O4S/c1-7-20-14-16-22(17-15-20)29(34(6,32)33)19-24(30)28(18-21-12-10-9-11-13-21)23(8-2)25(31)27-26(3,4)5/h9-17,23H,7-8,18-19H2,1-6H3,(H,27,31)/t23-/m0/s1. The number of carbonyl (C=O) groups excluding carboxylic acids is 2. The molecule has 0 fully saturated rings. The lowest BCUT2D eigenvalue weighted by Crippen LogP contribution is -2.55. The van der Waals surface area contributed by atoms with E-state index in [0.717, 1.165) is 28.1 Å². The van der Waals surface area contributed by atoms with Crippen LogP contribution >= 0.6 is 0 Å². The van der Waals surface area contributed by atoms with Gasteiger partial charge in [-0.1, -0.05) is 56.3 Å². The largest absolute Gasteiger partial charge is 0.350 e. The van der Waals surface area contributed by atoms with Crippen LogP contribution in [0, 0.1) is 0 Å². The fourth-order valence-electron chi connectivity index (χ4n) is 3.66. The second-order valence-corrected chi connectivity index (χ2v) is 11.4. The Bertz CT molecular complexity index is 1060. The van der Waals surface area contributed by atoms with Crippen molar-refractivity contribution in [1.82, 2.24) is 10.2 Å². The Balaban J connectivity index is 2.42. The molecule has 8 heteroatoms. The Hall–Kier alpha value is -2.87. The van der Waals surface area contributed by atoms with E-state index in [2.05, 4.69) is 5.32 Å². The summed E-state index contributed by atoms with van der Waals surface area (Å²) in [5.41, 5.74) is 1.88. The van der Waals surface area contributed by atoms with E-state index in [9.17, 15) is 18.0 Å². The number of rotatable bonds is 10. The minimum atomic E-state index is -3.74. The molecule has 0 spiro atoms. The molecule has 2 rings (SSSR count). The number of nitrogens with one attached hydrogen (secondary N) is 1. The summed E-state index contributed by atoms with van der Waals surface area (Å²) in [6.07, 6.45) is 2.30. The number of aryl methyl sites for hydroxylation is 1. The van der Waals surface area contributed by atoms with Gasteiger partial charge in [0.1, 0.15) is 12.6 Å². The monoisotopic (exact) mass is 487 g/mol. The maximum atomic E-state index is 13.6. The van der Waals surface area contributed by atoms with Gasteiger partial charge < -0.3 is 10.2 Å². The van der Waals surface area contributed by atoms with Crippen molar-refractivity contribution in [2.45, 2.75) is 65.6 Å². The fraction of sp³-hybridized carbons (Fsp3) is 0.462. The summed E-state index contributed by atoms with van der Waals surface area (Å²) in [4.78, 5) is 28.2. The van der Waals surface area contributed by atoms with Crippen LogP contribution in [0.1, 0.15) is 52.2 Å². The van der Waals surface area contributed by atoms with Crippen LogP contribution in [0.3, 0.4) is 0 Å². The topological polar surface area (TPSA) is 86.8 Å². The Labute approximate surface area is 204 Å². The number of anilines is 1. The number of benzene rings is 2. The molecule has 2 aromatic carbocycles. The van der Waals surface area contributed by atoms with E-state index in [0.29, 0.717) is 12.1 Å². The Morgan fingerprint density at radius 1 is 0.941 bits per heavy atom. The molecule has 0 aliphatic carbocycles. The van der Waals surface area contributed by atoms with Crippen LogP contribution in [0.25, 0.3) is 0 Å². The minimum Gasteiger partial charge on any atom is -0.350 e. The van der Waals surface area contributed by atoms with Crippen molar-refractivity contribution in [3.8, 4) is 0 Å². The fourth-order valence-corrected chi connectivity index (χ4v) is 4.51. The van der Waals surface area contributed by atoms with Gasteiger partial charge >= 0.3 is 0 Å².